The molecule has 0 aliphatic carbocycles. The quantitative estimate of drug-likeness (QED) is 0.184. The van der Waals surface area contributed by atoms with E-state index >= 15 is 0 Å². The monoisotopic (exact) mass is 699 g/mol. The molecule has 1 aliphatic rings. The zero-order chi connectivity index (χ0) is 42.0. The maximum Gasteiger partial charge on any atom is 0.220 e. The van der Waals surface area contributed by atoms with Crippen LogP contribution in [-0.2, 0) is 16.2 Å². The minimum atomic E-state index is -2.56. The fourth-order valence-corrected chi connectivity index (χ4v) is 8.37. The number of nitrogens with zero attached hydrogens (tertiary/aromatic N) is 3. The van der Waals surface area contributed by atoms with Crippen molar-refractivity contribution in [1.82, 2.24) is 14.0 Å². The maximum atomic E-state index is 8.78. The van der Waals surface area contributed by atoms with Gasteiger partial charge in [0.1, 0.15) is 11.5 Å². The molecule has 0 N–H and O–H groups in total. The number of fused-ring (bicyclic) bond motifs is 7. The molecule has 1 aliphatic heterocycles. The third-order valence-corrected chi connectivity index (χ3v) is 11.9. The highest BCUT2D eigenvalue weighted by Crippen LogP contribution is 2.56. The van der Waals surface area contributed by atoms with E-state index in [1.165, 1.54) is 0 Å². The molecule has 8 aromatic rings. The van der Waals surface area contributed by atoms with Crippen LogP contribution in [0.25, 0.3) is 55.8 Å². The SMILES string of the molecule is [2H]C([2H])([2H])c1ccc(-c2c(C(C)(C)C)ccc3c2Oc2ccccc2C(C)(C)C3(C)C)cc1-c1cc(-n2c3ccccc3n3c4ccccc4nc23)ccc1C([2H])([2H])[2H]. The number of aromatic nitrogens is 3. The zero-order valence-corrected chi connectivity index (χ0v) is 31.3. The third-order valence-electron chi connectivity index (χ3n) is 11.9. The van der Waals surface area contributed by atoms with Crippen molar-refractivity contribution in [3.8, 4) is 39.4 Å². The first-order valence-electron chi connectivity index (χ1n) is 21.3. The van der Waals surface area contributed by atoms with Crippen LogP contribution in [0.4, 0.5) is 0 Å². The molecule has 6 aromatic carbocycles. The summed E-state index contributed by atoms with van der Waals surface area (Å²) in [5, 5.41) is 0. The summed E-state index contributed by atoms with van der Waals surface area (Å²) in [7, 11) is 0. The summed E-state index contributed by atoms with van der Waals surface area (Å²) in [6.45, 7) is 10.4. The highest BCUT2D eigenvalue weighted by atomic mass is 16.5. The van der Waals surface area contributed by atoms with Crippen molar-refractivity contribution in [2.75, 3.05) is 0 Å². The molecule has 0 unspecified atom stereocenters. The first-order chi connectivity index (χ1) is 27.7. The van der Waals surface area contributed by atoms with Crippen molar-refractivity contribution in [2.45, 2.75) is 78.4 Å². The number of aryl methyl sites for hydroxylation is 2. The van der Waals surface area contributed by atoms with Crippen LogP contribution >= 0.6 is 0 Å². The summed E-state index contributed by atoms with van der Waals surface area (Å²) in [6, 6.07) is 39.1. The van der Waals surface area contributed by atoms with E-state index in [-0.39, 0.29) is 22.0 Å². The minimum Gasteiger partial charge on any atom is -0.456 e. The summed E-state index contributed by atoms with van der Waals surface area (Å²) < 4.78 is 63.8. The van der Waals surface area contributed by atoms with Gasteiger partial charge in [0.25, 0.3) is 0 Å². The van der Waals surface area contributed by atoms with Gasteiger partial charge in [-0.15, -0.1) is 0 Å². The van der Waals surface area contributed by atoms with Gasteiger partial charge in [-0.05, 0) is 101 Å². The lowest BCUT2D eigenvalue weighted by Crippen LogP contribution is -2.39. The molecule has 0 saturated heterocycles. The highest BCUT2D eigenvalue weighted by molar-refractivity contribution is 5.92. The minimum absolute atomic E-state index is 0.0564. The van der Waals surface area contributed by atoms with E-state index in [9.17, 15) is 0 Å². The molecule has 2 aromatic heterocycles. The van der Waals surface area contributed by atoms with Crippen LogP contribution in [0.2, 0.25) is 0 Å². The van der Waals surface area contributed by atoms with Gasteiger partial charge in [0, 0.05) is 41.4 Å². The molecule has 0 radical (unpaired) electrons. The van der Waals surface area contributed by atoms with Gasteiger partial charge < -0.3 is 4.74 Å². The molecular weight excluding hydrogens is 647 g/mol. The van der Waals surface area contributed by atoms with Crippen molar-refractivity contribution < 1.29 is 13.0 Å². The Labute approximate surface area is 321 Å². The third kappa shape index (κ3) is 4.84. The van der Waals surface area contributed by atoms with Crippen LogP contribution < -0.4 is 4.74 Å². The van der Waals surface area contributed by atoms with Gasteiger partial charge >= 0.3 is 0 Å². The van der Waals surface area contributed by atoms with Crippen LogP contribution in [0, 0.1) is 13.7 Å². The summed E-state index contributed by atoms with van der Waals surface area (Å²) in [4.78, 5) is 5.04. The van der Waals surface area contributed by atoms with E-state index in [1.807, 2.05) is 89.5 Å². The molecule has 3 heterocycles. The average Bonchev–Trinajstić information content (AvgIpc) is 3.69. The second-order valence-corrected chi connectivity index (χ2v) is 16.5. The van der Waals surface area contributed by atoms with Gasteiger partial charge in [-0.2, -0.15) is 0 Å². The van der Waals surface area contributed by atoms with E-state index in [0.29, 0.717) is 28.3 Å². The van der Waals surface area contributed by atoms with Gasteiger partial charge in [-0.25, -0.2) is 4.98 Å². The molecule has 264 valence electrons. The Bertz CT molecular complexity index is 2990. The fraction of sp³-hybridized carbons (Fsp3) is 0.245. The molecule has 0 fully saturated rings. The number of hydrogen-bond donors (Lipinski definition) is 0. The molecule has 4 heteroatoms. The van der Waals surface area contributed by atoms with Gasteiger partial charge in [0.15, 0.2) is 0 Å². The number of benzene rings is 6. The van der Waals surface area contributed by atoms with Gasteiger partial charge in [0.2, 0.25) is 5.78 Å². The summed E-state index contributed by atoms with van der Waals surface area (Å²) in [5.41, 5.74) is 8.67. The molecule has 0 amide bonds. The normalized spacial score (nSPS) is 17.1. The summed E-state index contributed by atoms with van der Waals surface area (Å²) in [5.74, 6) is 2.14. The van der Waals surface area contributed by atoms with Crippen LogP contribution in [0.3, 0.4) is 0 Å². The second kappa shape index (κ2) is 11.4. The molecular formula is C49H47N3O. The Morgan fingerprint density at radius 3 is 2.04 bits per heavy atom. The van der Waals surface area contributed by atoms with E-state index in [4.69, 9.17) is 17.9 Å². The van der Waals surface area contributed by atoms with Crippen LogP contribution in [-0.4, -0.2) is 14.0 Å². The molecule has 0 bridgehead atoms. The van der Waals surface area contributed by atoms with E-state index in [2.05, 4.69) is 71.1 Å². The van der Waals surface area contributed by atoms with Crippen LogP contribution in [0.5, 0.6) is 11.5 Å². The highest BCUT2D eigenvalue weighted by Gasteiger charge is 2.46. The Morgan fingerprint density at radius 1 is 0.642 bits per heavy atom. The largest absolute Gasteiger partial charge is 0.456 e. The van der Waals surface area contributed by atoms with Gasteiger partial charge in [-0.1, -0.05) is 121 Å². The Hall–Kier alpha value is -5.61. The zero-order valence-electron chi connectivity index (χ0n) is 37.3. The second-order valence-electron chi connectivity index (χ2n) is 16.5. The number of ether oxygens (including phenoxy) is 1. The molecule has 0 spiro atoms. The number of para-hydroxylation sites is 5. The Kier molecular flexibility index (Phi) is 5.84. The smallest absolute Gasteiger partial charge is 0.220 e. The summed E-state index contributed by atoms with van der Waals surface area (Å²) in [6.07, 6.45) is 0. The van der Waals surface area contributed by atoms with E-state index < -0.39 is 19.1 Å². The number of rotatable bonds is 3. The predicted octanol–water partition coefficient (Wildman–Crippen LogP) is 13.0. The van der Waals surface area contributed by atoms with Crippen molar-refractivity contribution in [3.05, 3.63) is 149 Å². The number of hydrogen-bond acceptors (Lipinski definition) is 2. The lowest BCUT2D eigenvalue weighted by Gasteiger charge is -2.42. The maximum absolute atomic E-state index is 8.78. The lowest BCUT2D eigenvalue weighted by atomic mass is 9.60. The lowest BCUT2D eigenvalue weighted by molar-refractivity contribution is 0.306. The molecule has 9 rings (SSSR count). The van der Waals surface area contributed by atoms with E-state index in [1.54, 1.807) is 18.2 Å². The van der Waals surface area contributed by atoms with Crippen molar-refractivity contribution in [3.63, 3.8) is 0 Å². The van der Waals surface area contributed by atoms with Crippen LogP contribution in [0.1, 0.15) is 84.5 Å². The first-order valence-corrected chi connectivity index (χ1v) is 18.3. The topological polar surface area (TPSA) is 31.5 Å². The Morgan fingerprint density at radius 2 is 1.28 bits per heavy atom. The van der Waals surface area contributed by atoms with Gasteiger partial charge in [-0.3, -0.25) is 8.97 Å². The van der Waals surface area contributed by atoms with E-state index in [0.717, 1.165) is 55.6 Å². The summed E-state index contributed by atoms with van der Waals surface area (Å²) >= 11 is 0. The molecule has 0 saturated carbocycles. The van der Waals surface area contributed by atoms with Crippen molar-refractivity contribution in [2.24, 2.45) is 0 Å². The predicted molar refractivity (Wildman–Crippen MR) is 221 cm³/mol. The van der Waals surface area contributed by atoms with Crippen LogP contribution in [0.15, 0.2) is 121 Å². The fourth-order valence-electron chi connectivity index (χ4n) is 8.37. The first kappa shape index (κ1) is 27.1. The molecule has 53 heavy (non-hydrogen) atoms. The van der Waals surface area contributed by atoms with Crippen molar-refractivity contribution >= 4 is 27.8 Å². The number of imidazole rings is 2. The molecule has 4 nitrogen and oxygen atoms in total. The average molecular weight is 700 g/mol. The van der Waals surface area contributed by atoms with Crippen molar-refractivity contribution in [1.29, 1.82) is 0 Å². The standard InChI is InChI=1S/C49H47N3O/c1-30-22-24-32(44-37(47(3,4)5)26-27-38-45(44)53-43-21-15-10-16-36(43)48(6,7)49(38,8)9)28-34(30)35-29-33(25-23-31(35)2)51-41-19-13-14-20-42(41)52-40-18-12-11-17-39(40)50-46(51)52/h10-29H,1-9H3/i1D3,2D3. The molecule has 0 atom stereocenters. The Balaban J connectivity index is 1.36. The van der Waals surface area contributed by atoms with Gasteiger partial charge in [0.05, 0.1) is 22.1 Å².